The molecular formula is C15H14F6N4O2S. The third kappa shape index (κ3) is 4.35. The van der Waals surface area contributed by atoms with Gasteiger partial charge in [-0.1, -0.05) is 12.1 Å². The quantitative estimate of drug-likeness (QED) is 0.759. The SMILES string of the molecule is CN(C(c1ccc(C(F)(F)F)cc1)C(F)(F)F)[S@@](=N)(=O)c1cnn(C)c(=O)c1. The summed E-state index contributed by atoms with van der Waals surface area (Å²) < 4.78 is 100. The highest BCUT2D eigenvalue weighted by Gasteiger charge is 2.47. The predicted octanol–water partition coefficient (Wildman–Crippen LogP) is 3.36. The van der Waals surface area contributed by atoms with Crippen molar-refractivity contribution < 1.29 is 30.6 Å². The molecule has 1 aromatic carbocycles. The van der Waals surface area contributed by atoms with E-state index in [0.717, 1.165) is 24.0 Å². The first-order valence-corrected chi connectivity index (χ1v) is 8.96. The zero-order valence-electron chi connectivity index (χ0n) is 14.4. The highest BCUT2D eigenvalue weighted by atomic mass is 32.2. The van der Waals surface area contributed by atoms with Gasteiger partial charge in [-0.2, -0.15) is 31.4 Å². The van der Waals surface area contributed by atoms with Crippen LogP contribution in [0.3, 0.4) is 0 Å². The average molecular weight is 428 g/mol. The summed E-state index contributed by atoms with van der Waals surface area (Å²) in [5, 5.41) is 3.53. The van der Waals surface area contributed by atoms with E-state index < -0.39 is 49.9 Å². The maximum Gasteiger partial charge on any atom is 0.416 e. The van der Waals surface area contributed by atoms with Crippen LogP contribution >= 0.6 is 0 Å². The van der Waals surface area contributed by atoms with Crippen LogP contribution in [0.15, 0.2) is 46.2 Å². The molecule has 6 nitrogen and oxygen atoms in total. The molecular weight excluding hydrogens is 414 g/mol. The molecule has 0 aliphatic carbocycles. The van der Waals surface area contributed by atoms with Crippen molar-refractivity contribution in [3.63, 3.8) is 0 Å². The fourth-order valence-electron chi connectivity index (χ4n) is 2.38. The van der Waals surface area contributed by atoms with Crippen LogP contribution in [0.2, 0.25) is 0 Å². The number of rotatable bonds is 4. The highest BCUT2D eigenvalue weighted by molar-refractivity contribution is 7.90. The Bertz CT molecular complexity index is 1010. The second-order valence-corrected chi connectivity index (χ2v) is 7.89. The summed E-state index contributed by atoms with van der Waals surface area (Å²) in [5.41, 5.74) is -2.58. The first-order chi connectivity index (χ1) is 12.7. The second-order valence-electron chi connectivity index (χ2n) is 5.79. The first kappa shape index (κ1) is 21.9. The lowest BCUT2D eigenvalue weighted by atomic mass is 10.0. The predicted molar refractivity (Wildman–Crippen MR) is 86.6 cm³/mol. The molecule has 2 rings (SSSR count). The third-order valence-electron chi connectivity index (χ3n) is 3.90. The molecule has 13 heteroatoms. The number of aryl methyl sites for hydroxylation is 1. The largest absolute Gasteiger partial charge is 0.416 e. The Balaban J connectivity index is 2.53. The average Bonchev–Trinajstić information content (AvgIpc) is 2.55. The highest BCUT2D eigenvalue weighted by Crippen LogP contribution is 2.40. The second kappa shape index (κ2) is 7.20. The number of hydrogen-bond acceptors (Lipinski definition) is 4. The Kier molecular flexibility index (Phi) is 5.63. The van der Waals surface area contributed by atoms with E-state index in [0.29, 0.717) is 24.3 Å². The molecule has 1 unspecified atom stereocenters. The summed E-state index contributed by atoms with van der Waals surface area (Å²) in [7, 11) is -2.34. The van der Waals surface area contributed by atoms with Gasteiger partial charge in [-0.3, -0.25) is 4.79 Å². The van der Waals surface area contributed by atoms with Gasteiger partial charge in [0, 0.05) is 20.2 Å². The molecule has 154 valence electrons. The molecule has 1 N–H and O–H groups in total. The fourth-order valence-corrected chi connectivity index (χ4v) is 3.70. The Morgan fingerprint density at radius 2 is 1.68 bits per heavy atom. The van der Waals surface area contributed by atoms with Crippen LogP contribution in [0.5, 0.6) is 0 Å². The van der Waals surface area contributed by atoms with E-state index in [4.69, 9.17) is 4.78 Å². The van der Waals surface area contributed by atoms with Gasteiger partial charge in [-0.25, -0.2) is 18.0 Å². The van der Waals surface area contributed by atoms with Crippen LogP contribution in [0.1, 0.15) is 17.2 Å². The first-order valence-electron chi connectivity index (χ1n) is 7.44. The van der Waals surface area contributed by atoms with E-state index in [2.05, 4.69) is 5.10 Å². The van der Waals surface area contributed by atoms with Gasteiger partial charge in [-0.05, 0) is 17.7 Å². The molecule has 0 aliphatic rings. The van der Waals surface area contributed by atoms with Gasteiger partial charge < -0.3 is 0 Å². The van der Waals surface area contributed by atoms with E-state index >= 15 is 0 Å². The number of aromatic nitrogens is 2. The molecule has 2 atom stereocenters. The number of nitrogens with one attached hydrogen (secondary N) is 1. The molecule has 0 fully saturated rings. The lowest BCUT2D eigenvalue weighted by Crippen LogP contribution is -2.39. The molecule has 0 aliphatic heterocycles. The number of alkyl halides is 6. The van der Waals surface area contributed by atoms with Gasteiger partial charge in [0.15, 0.2) is 0 Å². The summed E-state index contributed by atoms with van der Waals surface area (Å²) >= 11 is 0. The summed E-state index contributed by atoms with van der Waals surface area (Å²) in [6.07, 6.45) is -8.98. The van der Waals surface area contributed by atoms with Crippen molar-refractivity contribution in [2.24, 2.45) is 7.05 Å². The van der Waals surface area contributed by atoms with E-state index in [1.54, 1.807) is 0 Å². The summed E-state index contributed by atoms with van der Waals surface area (Å²) in [4.78, 5) is 11.1. The van der Waals surface area contributed by atoms with E-state index in [9.17, 15) is 35.3 Å². The summed E-state index contributed by atoms with van der Waals surface area (Å²) in [6.45, 7) is 0. The maximum atomic E-state index is 13.6. The molecule has 1 heterocycles. The number of benzene rings is 1. The Morgan fingerprint density at radius 3 is 2.11 bits per heavy atom. The Labute approximate surface area is 155 Å². The number of halogens is 6. The molecule has 28 heavy (non-hydrogen) atoms. The fraction of sp³-hybridized carbons (Fsp3) is 0.333. The maximum absolute atomic E-state index is 13.6. The van der Waals surface area contributed by atoms with Gasteiger partial charge in [0.25, 0.3) is 5.56 Å². The molecule has 0 amide bonds. The molecule has 1 aromatic heterocycles. The van der Waals surface area contributed by atoms with Crippen molar-refractivity contribution in [2.75, 3.05) is 7.05 Å². The summed E-state index contributed by atoms with van der Waals surface area (Å²) in [5.74, 6) is 0. The van der Waals surface area contributed by atoms with Crippen LogP contribution in [-0.2, 0) is 23.1 Å². The molecule has 0 saturated heterocycles. The number of hydrogen-bond donors (Lipinski definition) is 1. The van der Waals surface area contributed by atoms with Crippen molar-refractivity contribution in [1.29, 1.82) is 4.78 Å². The normalized spacial score (nSPS) is 16.0. The van der Waals surface area contributed by atoms with Gasteiger partial charge in [-0.15, -0.1) is 0 Å². The van der Waals surface area contributed by atoms with Crippen LogP contribution in [-0.4, -0.2) is 31.5 Å². The lowest BCUT2D eigenvalue weighted by molar-refractivity contribution is -0.170. The zero-order chi connectivity index (χ0) is 21.5. The van der Waals surface area contributed by atoms with E-state index in [1.165, 1.54) is 7.05 Å². The van der Waals surface area contributed by atoms with Crippen molar-refractivity contribution in [3.05, 3.63) is 58.0 Å². The third-order valence-corrected chi connectivity index (χ3v) is 5.78. The minimum Gasteiger partial charge on any atom is -0.268 e. The summed E-state index contributed by atoms with van der Waals surface area (Å²) in [6, 6.07) is 0.216. The molecule has 0 radical (unpaired) electrons. The molecule has 2 aromatic rings. The monoisotopic (exact) mass is 428 g/mol. The molecule has 0 saturated carbocycles. The smallest absolute Gasteiger partial charge is 0.268 e. The van der Waals surface area contributed by atoms with Crippen LogP contribution in [0.4, 0.5) is 26.3 Å². The van der Waals surface area contributed by atoms with Gasteiger partial charge in [0.05, 0.1) is 16.7 Å². The standard InChI is InChI=1S/C15H14F6N4O2S/c1-24-12(26)7-11(8-23-24)28(22,27)25(2)13(15(19,20)21)9-3-5-10(6-4-9)14(16,17)18/h3-8,13,22H,1-2H3/t13?,28-/m1/s1. The number of nitrogens with zero attached hydrogens (tertiary/aromatic N) is 3. The van der Waals surface area contributed by atoms with Crippen molar-refractivity contribution in [1.82, 2.24) is 14.1 Å². The minimum absolute atomic E-state index is 0.159. The molecule has 0 bridgehead atoms. The van der Waals surface area contributed by atoms with Crippen molar-refractivity contribution in [3.8, 4) is 0 Å². The van der Waals surface area contributed by atoms with E-state index in [1.807, 2.05) is 0 Å². The van der Waals surface area contributed by atoms with Gasteiger partial charge in [0.1, 0.15) is 16.0 Å². The van der Waals surface area contributed by atoms with Gasteiger partial charge in [0.2, 0.25) is 0 Å². The lowest BCUT2D eigenvalue weighted by Gasteiger charge is -2.31. The van der Waals surface area contributed by atoms with Crippen LogP contribution in [0, 0.1) is 4.78 Å². The molecule has 0 spiro atoms. The van der Waals surface area contributed by atoms with Crippen molar-refractivity contribution >= 4 is 9.92 Å². The Hall–Kier alpha value is -2.41. The van der Waals surface area contributed by atoms with E-state index in [-0.39, 0.29) is 4.31 Å². The van der Waals surface area contributed by atoms with Crippen molar-refractivity contribution in [2.45, 2.75) is 23.3 Å². The minimum atomic E-state index is -5.06. The van der Waals surface area contributed by atoms with Crippen LogP contribution < -0.4 is 5.56 Å². The Morgan fingerprint density at radius 1 is 1.14 bits per heavy atom. The van der Waals surface area contributed by atoms with Crippen LogP contribution in [0.25, 0.3) is 0 Å². The topological polar surface area (TPSA) is 79.1 Å². The van der Waals surface area contributed by atoms with Gasteiger partial charge >= 0.3 is 12.4 Å². The zero-order valence-corrected chi connectivity index (χ0v) is 15.2.